The van der Waals surface area contributed by atoms with Crippen molar-refractivity contribution in [3.05, 3.63) is 96.5 Å². The topological polar surface area (TPSA) is 251 Å². The molecule has 0 saturated carbocycles. The van der Waals surface area contributed by atoms with Gasteiger partial charge in [0.15, 0.2) is 0 Å². The number of hydrogen-bond donors (Lipinski definition) is 8. The van der Waals surface area contributed by atoms with Crippen LogP contribution in [0.25, 0.3) is 0 Å². The van der Waals surface area contributed by atoms with E-state index in [9.17, 15) is 23.3 Å². The molecule has 0 bridgehead atoms. The van der Waals surface area contributed by atoms with Crippen molar-refractivity contribution < 1.29 is 18.1 Å². The number of nitrogen functional groups attached to an aromatic ring is 8. The highest BCUT2D eigenvalue weighted by molar-refractivity contribution is 14.1. The molecule has 0 saturated heterocycles. The van der Waals surface area contributed by atoms with Gasteiger partial charge >= 0.3 is 6.18 Å². The van der Waals surface area contributed by atoms with Gasteiger partial charge in [-0.1, -0.05) is 0 Å². The number of rotatable bonds is 1. The summed E-state index contributed by atoms with van der Waals surface area (Å²) in [6, 6.07) is 18.2. The smallest absolute Gasteiger partial charge is 0.399 e. The van der Waals surface area contributed by atoms with Crippen LogP contribution in [0.5, 0.6) is 0 Å². The monoisotopic (exact) mass is 749 g/mol. The van der Waals surface area contributed by atoms with Crippen LogP contribution in [0.3, 0.4) is 0 Å². The van der Waals surface area contributed by atoms with Crippen molar-refractivity contribution in [3.8, 4) is 0 Å². The van der Waals surface area contributed by atoms with Crippen molar-refractivity contribution in [3.63, 3.8) is 0 Å². The van der Waals surface area contributed by atoms with Crippen LogP contribution in [0.15, 0.2) is 77.3 Å². The molecule has 16 N–H and O–H groups in total. The summed E-state index contributed by atoms with van der Waals surface area (Å²) in [6.45, 7) is 0. The number of nitrogens with zero attached hydrogens (tertiary/aromatic N) is 1. The zero-order valence-corrected chi connectivity index (χ0v) is 24.9. The maximum Gasteiger partial charge on any atom is 0.418 e. The highest BCUT2D eigenvalue weighted by Crippen LogP contribution is 2.34. The van der Waals surface area contributed by atoms with E-state index in [0.29, 0.717) is 11.4 Å². The highest BCUT2D eigenvalue weighted by atomic mass is 127. The first kappa shape index (κ1) is 34.7. The summed E-state index contributed by atoms with van der Waals surface area (Å²) in [6.07, 6.45) is -4.43. The summed E-state index contributed by atoms with van der Waals surface area (Å²) >= 11 is 5.39. The lowest BCUT2D eigenvalue weighted by molar-refractivity contribution is -0.383. The van der Waals surface area contributed by atoms with Gasteiger partial charge in [0.05, 0.1) is 10.5 Å². The fourth-order valence-electron chi connectivity index (χ4n) is 2.62. The van der Waals surface area contributed by atoms with Gasteiger partial charge in [-0.15, -0.1) is 0 Å². The first-order valence-corrected chi connectivity index (χ1v) is 12.9. The van der Waals surface area contributed by atoms with E-state index in [1.54, 1.807) is 30.3 Å². The third-order valence-electron chi connectivity index (χ3n) is 4.68. The van der Waals surface area contributed by atoms with Crippen molar-refractivity contribution >= 4 is 89.7 Å². The van der Waals surface area contributed by atoms with Gasteiger partial charge in [0.25, 0.3) is 5.69 Å². The molecule has 0 aliphatic rings. The Balaban J connectivity index is 0.000000275. The predicted molar refractivity (Wildman–Crippen MR) is 173 cm³/mol. The van der Waals surface area contributed by atoms with E-state index in [2.05, 4.69) is 38.5 Å². The lowest BCUT2D eigenvalue weighted by Gasteiger charge is -2.09. The fourth-order valence-corrected chi connectivity index (χ4v) is 3.56. The van der Waals surface area contributed by atoms with Crippen molar-refractivity contribution in [2.75, 3.05) is 45.9 Å². The summed E-state index contributed by atoms with van der Waals surface area (Å²) < 4.78 is 38.1. The SMILES string of the molecule is Nc1ccc(N)c(Br)c1.Nc1ccc(N)c(C(F)(F)F)c1.Nc1ccc(N)c(I)c1.Nc1ccc(N)c([N+](=O)[O-])c1. The maximum atomic E-state index is 12.1. The molecule has 4 aromatic carbocycles. The number of nitrogens with two attached hydrogens (primary N) is 8. The normalized spacial score (nSPS) is 10.1. The maximum absolute atomic E-state index is 12.1. The number of alkyl halides is 3. The van der Waals surface area contributed by atoms with Gasteiger partial charge in [0.2, 0.25) is 0 Å². The molecule has 16 heteroatoms. The van der Waals surface area contributed by atoms with Gasteiger partial charge in [0.1, 0.15) is 5.69 Å². The zero-order chi connectivity index (χ0) is 31.5. The summed E-state index contributed by atoms with van der Waals surface area (Å²) in [5.41, 5.74) is 44.9. The van der Waals surface area contributed by atoms with Crippen LogP contribution in [-0.2, 0) is 6.18 Å². The average Bonchev–Trinajstić information content (AvgIpc) is 2.87. The van der Waals surface area contributed by atoms with Crippen molar-refractivity contribution in [2.45, 2.75) is 6.18 Å². The Morgan fingerprint density at radius 1 is 0.634 bits per heavy atom. The molecule has 0 heterocycles. The number of hydrogen-bond acceptors (Lipinski definition) is 10. The summed E-state index contributed by atoms with van der Waals surface area (Å²) in [7, 11) is 0. The van der Waals surface area contributed by atoms with E-state index in [4.69, 9.17) is 45.9 Å². The Bertz CT molecular complexity index is 1440. The van der Waals surface area contributed by atoms with Crippen LogP contribution >= 0.6 is 38.5 Å². The number of nitro groups is 1. The van der Waals surface area contributed by atoms with Crippen molar-refractivity contribution in [2.24, 2.45) is 0 Å². The number of nitro benzene ring substituents is 1. The van der Waals surface area contributed by atoms with E-state index in [1.807, 2.05) is 6.07 Å². The molecule has 0 aliphatic heterocycles. The van der Waals surface area contributed by atoms with Gasteiger partial charge in [-0.3, -0.25) is 10.1 Å². The minimum absolute atomic E-state index is 0.0523. The van der Waals surface area contributed by atoms with E-state index >= 15 is 0 Å². The Hall–Kier alpha value is -4.32. The Kier molecular flexibility index (Phi) is 13.1. The molecule has 0 atom stereocenters. The number of benzene rings is 4. The molecule has 0 spiro atoms. The molecule has 4 rings (SSSR count). The first-order valence-electron chi connectivity index (χ1n) is 11.0. The lowest BCUT2D eigenvalue weighted by atomic mass is 10.1. The average molecular weight is 750 g/mol. The minimum atomic E-state index is -4.43. The van der Waals surface area contributed by atoms with E-state index in [-0.39, 0.29) is 22.7 Å². The molecule has 0 amide bonds. The van der Waals surface area contributed by atoms with Crippen LogP contribution in [0.4, 0.5) is 64.4 Å². The molecule has 0 aromatic heterocycles. The molecule has 220 valence electrons. The quantitative estimate of drug-likeness (QED) is 0.0510. The lowest BCUT2D eigenvalue weighted by Crippen LogP contribution is -2.09. The first-order chi connectivity index (χ1) is 18.9. The molecule has 0 fully saturated rings. The molecule has 4 aromatic rings. The van der Waals surface area contributed by atoms with E-state index in [1.165, 1.54) is 24.3 Å². The Morgan fingerprint density at radius 3 is 1.41 bits per heavy atom. The van der Waals surface area contributed by atoms with E-state index in [0.717, 1.165) is 37.2 Å². The summed E-state index contributed by atoms with van der Waals surface area (Å²) in [5, 5.41) is 10.2. The molecule has 11 nitrogen and oxygen atoms in total. The Morgan fingerprint density at radius 2 is 1.05 bits per heavy atom. The predicted octanol–water partition coefficient (Wildman–Crippen LogP) is 5.70. The van der Waals surface area contributed by atoms with Crippen molar-refractivity contribution in [1.82, 2.24) is 0 Å². The summed E-state index contributed by atoms with van der Waals surface area (Å²) in [4.78, 5) is 9.68. The largest absolute Gasteiger partial charge is 0.418 e. The molecule has 41 heavy (non-hydrogen) atoms. The van der Waals surface area contributed by atoms with Gasteiger partial charge in [-0.2, -0.15) is 13.2 Å². The van der Waals surface area contributed by atoms with Crippen LogP contribution in [-0.4, -0.2) is 4.92 Å². The standard InChI is InChI=1S/C7H7F3N2.C6H7BrN2.C6H7IN2.C6H7N3O2/c8-7(9,10)5-3-4(11)1-2-6(5)12;2*7-5-3-4(8)1-2-6(5)9;7-4-1-2-5(8)6(3-4)9(10)11/h1-3H,11-12H2;2*1-3H,8-9H2;1-3H,7-8H2. The fraction of sp³-hybridized carbons (Fsp3) is 0.0400. The second-order valence-corrected chi connectivity index (χ2v) is 10.00. The van der Waals surface area contributed by atoms with Gasteiger partial charge in [-0.25, -0.2) is 0 Å². The van der Waals surface area contributed by atoms with Crippen LogP contribution < -0.4 is 45.9 Å². The minimum Gasteiger partial charge on any atom is -0.399 e. The van der Waals surface area contributed by atoms with Gasteiger partial charge < -0.3 is 45.9 Å². The van der Waals surface area contributed by atoms with Crippen LogP contribution in [0, 0.1) is 13.7 Å². The third-order valence-corrected chi connectivity index (χ3v) is 6.30. The third kappa shape index (κ3) is 12.2. The highest BCUT2D eigenvalue weighted by Gasteiger charge is 2.32. The summed E-state index contributed by atoms with van der Waals surface area (Å²) in [5.74, 6) is 0. The second kappa shape index (κ2) is 15.5. The molecule has 0 aliphatic carbocycles. The molecular weight excluding hydrogens is 722 g/mol. The number of halogens is 5. The Labute approximate surface area is 255 Å². The molecule has 0 radical (unpaired) electrons. The second-order valence-electron chi connectivity index (χ2n) is 7.98. The van der Waals surface area contributed by atoms with Gasteiger partial charge in [0, 0.05) is 53.9 Å². The van der Waals surface area contributed by atoms with Crippen LogP contribution in [0.2, 0.25) is 0 Å². The van der Waals surface area contributed by atoms with Gasteiger partial charge in [-0.05, 0) is 105 Å². The molecular formula is C25H28BrF3IN9O2. The van der Waals surface area contributed by atoms with E-state index < -0.39 is 16.7 Å². The zero-order valence-electron chi connectivity index (χ0n) is 21.2. The molecule has 0 unspecified atom stereocenters. The van der Waals surface area contributed by atoms with Crippen molar-refractivity contribution in [1.29, 1.82) is 0 Å². The number of anilines is 8. The van der Waals surface area contributed by atoms with Crippen LogP contribution in [0.1, 0.15) is 5.56 Å².